The molecule has 1 aliphatic rings. The summed E-state index contributed by atoms with van der Waals surface area (Å²) in [5.41, 5.74) is 0. The fraction of sp³-hybridized carbons (Fsp3) is 0.727. The van der Waals surface area contributed by atoms with Crippen LogP contribution in [0, 0.1) is 5.92 Å². The van der Waals surface area contributed by atoms with Crippen molar-refractivity contribution >= 4 is 0 Å². The zero-order valence-electron chi connectivity index (χ0n) is 9.52. The molecule has 0 spiro atoms. The van der Waals surface area contributed by atoms with Gasteiger partial charge in [-0.15, -0.1) is 0 Å². The summed E-state index contributed by atoms with van der Waals surface area (Å²) in [6.45, 7) is 3.22. The average Bonchev–Trinajstić information content (AvgIpc) is 2.64. The largest absolute Gasteiger partial charge is 0.490 e. The minimum Gasteiger partial charge on any atom is -0.490 e. The minimum atomic E-state index is 0.710. The molecule has 0 aromatic carbocycles. The molecule has 0 N–H and O–H groups in total. The van der Waals surface area contributed by atoms with Gasteiger partial charge >= 0.3 is 0 Å². The van der Waals surface area contributed by atoms with Crippen molar-refractivity contribution in [3.05, 3.63) is 12.4 Å². The molecule has 1 saturated heterocycles. The third-order valence-corrected chi connectivity index (χ3v) is 3.01. The maximum Gasteiger partial charge on any atom is 0.157 e. The van der Waals surface area contributed by atoms with Crippen LogP contribution in [0.1, 0.15) is 12.8 Å². The molecule has 1 aliphatic heterocycles. The summed E-state index contributed by atoms with van der Waals surface area (Å²) < 4.78 is 7.47. The highest BCUT2D eigenvalue weighted by Crippen LogP contribution is 2.17. The van der Waals surface area contributed by atoms with Crippen LogP contribution in [-0.2, 0) is 7.05 Å². The van der Waals surface area contributed by atoms with E-state index in [4.69, 9.17) is 4.74 Å². The number of aryl methyl sites for hydroxylation is 1. The monoisotopic (exact) mass is 209 g/mol. The molecule has 1 fully saturated rings. The summed E-state index contributed by atoms with van der Waals surface area (Å²) in [5, 5.41) is 4.08. The molecule has 2 rings (SSSR count). The van der Waals surface area contributed by atoms with E-state index in [2.05, 4.69) is 17.0 Å². The average molecular weight is 209 g/mol. The van der Waals surface area contributed by atoms with Gasteiger partial charge in [-0.05, 0) is 38.9 Å². The van der Waals surface area contributed by atoms with Gasteiger partial charge in [0, 0.05) is 7.05 Å². The van der Waals surface area contributed by atoms with Crippen molar-refractivity contribution in [2.45, 2.75) is 12.8 Å². The van der Waals surface area contributed by atoms with Crippen LogP contribution in [0.4, 0.5) is 0 Å². The molecule has 1 aromatic rings. The quantitative estimate of drug-likeness (QED) is 0.748. The van der Waals surface area contributed by atoms with Crippen molar-refractivity contribution in [1.29, 1.82) is 0 Å². The van der Waals surface area contributed by atoms with Gasteiger partial charge in [0.15, 0.2) is 5.75 Å². The van der Waals surface area contributed by atoms with Crippen LogP contribution in [0.5, 0.6) is 5.75 Å². The number of ether oxygens (including phenoxy) is 1. The molecule has 0 saturated carbocycles. The molecule has 15 heavy (non-hydrogen) atoms. The third-order valence-electron chi connectivity index (χ3n) is 3.01. The zero-order valence-corrected chi connectivity index (χ0v) is 9.52. The lowest BCUT2D eigenvalue weighted by Crippen LogP contribution is -2.32. The van der Waals surface area contributed by atoms with E-state index in [1.807, 2.05) is 13.2 Å². The second-order valence-corrected chi connectivity index (χ2v) is 4.41. The predicted molar refractivity (Wildman–Crippen MR) is 58.9 cm³/mol. The lowest BCUT2D eigenvalue weighted by atomic mass is 9.98. The highest BCUT2D eigenvalue weighted by atomic mass is 16.5. The van der Waals surface area contributed by atoms with Gasteiger partial charge in [-0.2, -0.15) is 5.10 Å². The van der Waals surface area contributed by atoms with E-state index in [1.165, 1.54) is 25.9 Å². The molecular weight excluding hydrogens is 190 g/mol. The predicted octanol–water partition coefficient (Wildman–Crippen LogP) is 1.14. The van der Waals surface area contributed by atoms with E-state index in [0.29, 0.717) is 5.92 Å². The second kappa shape index (κ2) is 4.66. The smallest absolute Gasteiger partial charge is 0.157 e. The molecule has 4 heteroatoms. The van der Waals surface area contributed by atoms with Gasteiger partial charge in [0.05, 0.1) is 19.0 Å². The Kier molecular flexibility index (Phi) is 3.26. The molecule has 1 aromatic heterocycles. The molecule has 4 nitrogen and oxygen atoms in total. The minimum absolute atomic E-state index is 0.710. The van der Waals surface area contributed by atoms with Gasteiger partial charge in [-0.3, -0.25) is 4.68 Å². The molecule has 0 atom stereocenters. The first kappa shape index (κ1) is 10.5. The van der Waals surface area contributed by atoms with Gasteiger partial charge in [0.1, 0.15) is 0 Å². The van der Waals surface area contributed by atoms with Crippen LogP contribution in [0.25, 0.3) is 0 Å². The summed E-state index contributed by atoms with van der Waals surface area (Å²) in [4.78, 5) is 2.38. The maximum atomic E-state index is 5.70. The van der Waals surface area contributed by atoms with E-state index < -0.39 is 0 Å². The SMILES string of the molecule is CN1CCC(COc2cnn(C)c2)CC1. The van der Waals surface area contributed by atoms with E-state index in [1.54, 1.807) is 10.9 Å². The summed E-state index contributed by atoms with van der Waals surface area (Å²) in [7, 11) is 4.08. The van der Waals surface area contributed by atoms with Crippen LogP contribution in [0.15, 0.2) is 12.4 Å². The van der Waals surface area contributed by atoms with E-state index in [-0.39, 0.29) is 0 Å². The van der Waals surface area contributed by atoms with Crippen molar-refractivity contribution < 1.29 is 4.74 Å². The number of nitrogens with zero attached hydrogens (tertiary/aromatic N) is 3. The van der Waals surface area contributed by atoms with Crippen LogP contribution in [0.2, 0.25) is 0 Å². The van der Waals surface area contributed by atoms with E-state index in [9.17, 15) is 0 Å². The lowest BCUT2D eigenvalue weighted by molar-refractivity contribution is 0.160. The van der Waals surface area contributed by atoms with Crippen molar-refractivity contribution in [3.8, 4) is 5.75 Å². The number of rotatable bonds is 3. The molecular formula is C11H19N3O. The Balaban J connectivity index is 1.74. The van der Waals surface area contributed by atoms with E-state index >= 15 is 0 Å². The Morgan fingerprint density at radius 3 is 2.73 bits per heavy atom. The Labute approximate surface area is 90.8 Å². The van der Waals surface area contributed by atoms with Crippen LogP contribution < -0.4 is 4.74 Å². The number of aromatic nitrogens is 2. The summed E-state index contributed by atoms with van der Waals surface area (Å²) in [6.07, 6.45) is 6.18. The van der Waals surface area contributed by atoms with Crippen LogP contribution in [0.3, 0.4) is 0 Å². The standard InChI is InChI=1S/C11H19N3O/c1-13-5-3-10(4-6-13)9-15-11-7-12-14(2)8-11/h7-8,10H,3-6,9H2,1-2H3. The van der Waals surface area contributed by atoms with Gasteiger partial charge < -0.3 is 9.64 Å². The Morgan fingerprint density at radius 2 is 2.13 bits per heavy atom. The molecule has 0 bridgehead atoms. The number of hydrogen-bond donors (Lipinski definition) is 0. The van der Waals surface area contributed by atoms with Gasteiger partial charge in [-0.1, -0.05) is 0 Å². The third kappa shape index (κ3) is 2.96. The Hall–Kier alpha value is -1.03. The number of likely N-dealkylation sites (tertiary alicyclic amines) is 1. The fourth-order valence-electron chi connectivity index (χ4n) is 1.92. The second-order valence-electron chi connectivity index (χ2n) is 4.41. The lowest BCUT2D eigenvalue weighted by Gasteiger charge is -2.28. The normalized spacial score (nSPS) is 19.3. The van der Waals surface area contributed by atoms with Gasteiger partial charge in [0.25, 0.3) is 0 Å². The first-order valence-corrected chi connectivity index (χ1v) is 5.54. The molecule has 0 amide bonds. The van der Waals surface area contributed by atoms with Crippen LogP contribution >= 0.6 is 0 Å². The zero-order chi connectivity index (χ0) is 10.7. The molecule has 0 radical (unpaired) electrons. The summed E-state index contributed by atoms with van der Waals surface area (Å²) >= 11 is 0. The Bertz CT molecular complexity index is 303. The molecule has 0 unspecified atom stereocenters. The highest BCUT2D eigenvalue weighted by molar-refractivity contribution is 5.11. The highest BCUT2D eigenvalue weighted by Gasteiger charge is 2.17. The molecule has 84 valence electrons. The first-order valence-electron chi connectivity index (χ1n) is 5.54. The fourth-order valence-corrected chi connectivity index (χ4v) is 1.92. The number of piperidine rings is 1. The molecule has 0 aliphatic carbocycles. The topological polar surface area (TPSA) is 30.3 Å². The summed E-state index contributed by atoms with van der Waals surface area (Å²) in [6, 6.07) is 0. The Morgan fingerprint density at radius 1 is 1.40 bits per heavy atom. The molecule has 2 heterocycles. The number of hydrogen-bond acceptors (Lipinski definition) is 3. The van der Waals surface area contributed by atoms with Crippen molar-refractivity contribution in [2.75, 3.05) is 26.7 Å². The summed E-state index contributed by atoms with van der Waals surface area (Å²) in [5.74, 6) is 1.60. The van der Waals surface area contributed by atoms with Crippen molar-refractivity contribution in [2.24, 2.45) is 13.0 Å². The maximum absolute atomic E-state index is 5.70. The van der Waals surface area contributed by atoms with Crippen molar-refractivity contribution in [1.82, 2.24) is 14.7 Å². The van der Waals surface area contributed by atoms with Gasteiger partial charge in [-0.25, -0.2) is 0 Å². The van der Waals surface area contributed by atoms with Crippen molar-refractivity contribution in [3.63, 3.8) is 0 Å². The van der Waals surface area contributed by atoms with Crippen LogP contribution in [-0.4, -0.2) is 41.4 Å². The van der Waals surface area contributed by atoms with Gasteiger partial charge in [0.2, 0.25) is 0 Å². The first-order chi connectivity index (χ1) is 7.24. The van der Waals surface area contributed by atoms with E-state index in [0.717, 1.165) is 12.4 Å².